The Kier molecular flexibility index (Phi) is 2.28. The second-order valence-electron chi connectivity index (χ2n) is 3.07. The van der Waals surface area contributed by atoms with Crippen LogP contribution in [-0.2, 0) is 14.2 Å². The fourth-order valence-electron chi connectivity index (χ4n) is 0.936. The van der Waals surface area contributed by atoms with E-state index < -0.39 is 0 Å². The van der Waals surface area contributed by atoms with Gasteiger partial charge in [-0.15, -0.1) is 0 Å². The predicted octanol–water partition coefficient (Wildman–Crippen LogP) is 0.784. The highest BCUT2D eigenvalue weighted by Gasteiger charge is 2.32. The molecular weight excluding hydrogens is 132 g/mol. The van der Waals surface area contributed by atoms with Crippen molar-refractivity contribution in [3.63, 3.8) is 0 Å². The zero-order chi connectivity index (χ0) is 7.61. The summed E-state index contributed by atoms with van der Waals surface area (Å²) >= 11 is 0. The summed E-state index contributed by atoms with van der Waals surface area (Å²) < 4.78 is 15.6. The molecular formula is C7H14O3. The molecule has 0 aromatic rings. The molecule has 0 spiro atoms. The van der Waals surface area contributed by atoms with Crippen LogP contribution < -0.4 is 0 Å². The maximum Gasteiger partial charge on any atom is 0.181 e. The van der Waals surface area contributed by atoms with Crippen molar-refractivity contribution in [2.24, 2.45) is 0 Å². The van der Waals surface area contributed by atoms with Crippen molar-refractivity contribution in [3.05, 3.63) is 0 Å². The van der Waals surface area contributed by atoms with E-state index in [9.17, 15) is 0 Å². The first-order valence-electron chi connectivity index (χ1n) is 3.42. The van der Waals surface area contributed by atoms with Crippen molar-refractivity contribution in [2.45, 2.75) is 25.7 Å². The molecule has 0 radical (unpaired) electrons. The van der Waals surface area contributed by atoms with E-state index in [0.717, 1.165) is 0 Å². The largest absolute Gasteiger partial charge is 0.379 e. The highest BCUT2D eigenvalue weighted by Crippen LogP contribution is 2.21. The van der Waals surface area contributed by atoms with Gasteiger partial charge in [0.15, 0.2) is 6.29 Å². The number of methoxy groups -OCH3 is 1. The van der Waals surface area contributed by atoms with Gasteiger partial charge in [0, 0.05) is 7.11 Å². The van der Waals surface area contributed by atoms with E-state index in [1.807, 2.05) is 13.8 Å². The lowest BCUT2D eigenvalue weighted by Crippen LogP contribution is -2.24. The third-order valence-electron chi connectivity index (χ3n) is 1.37. The molecule has 0 saturated carbocycles. The summed E-state index contributed by atoms with van der Waals surface area (Å²) in [7, 11) is 1.64. The monoisotopic (exact) mass is 146 g/mol. The highest BCUT2D eigenvalue weighted by atomic mass is 16.7. The topological polar surface area (TPSA) is 27.7 Å². The summed E-state index contributed by atoms with van der Waals surface area (Å²) in [6.07, 6.45) is -0.167. The van der Waals surface area contributed by atoms with Gasteiger partial charge in [-0.05, 0) is 13.8 Å². The van der Waals surface area contributed by atoms with E-state index in [-0.39, 0.29) is 11.9 Å². The van der Waals surface area contributed by atoms with Crippen LogP contribution in [0.1, 0.15) is 13.8 Å². The van der Waals surface area contributed by atoms with Crippen LogP contribution in [0.15, 0.2) is 0 Å². The fourth-order valence-corrected chi connectivity index (χ4v) is 0.936. The standard InChI is InChI=1S/C7H14O3/c1-7(2)5-9-6(10-7)4-8-3/h6H,4-5H2,1-3H3. The van der Waals surface area contributed by atoms with Crippen LogP contribution in [0.25, 0.3) is 0 Å². The molecule has 3 heteroatoms. The van der Waals surface area contributed by atoms with Gasteiger partial charge in [0.25, 0.3) is 0 Å². The van der Waals surface area contributed by atoms with Crippen LogP contribution in [0.2, 0.25) is 0 Å². The van der Waals surface area contributed by atoms with Gasteiger partial charge < -0.3 is 14.2 Å². The van der Waals surface area contributed by atoms with Crippen molar-refractivity contribution in [2.75, 3.05) is 20.3 Å². The molecule has 1 unspecified atom stereocenters. The van der Waals surface area contributed by atoms with E-state index >= 15 is 0 Å². The average molecular weight is 146 g/mol. The minimum Gasteiger partial charge on any atom is -0.379 e. The minimum atomic E-state index is -0.167. The van der Waals surface area contributed by atoms with Gasteiger partial charge in [-0.3, -0.25) is 0 Å². The molecule has 60 valence electrons. The molecule has 0 aromatic carbocycles. The third kappa shape index (κ3) is 1.94. The second kappa shape index (κ2) is 2.86. The van der Waals surface area contributed by atoms with Crippen LogP contribution in [0, 0.1) is 0 Å². The number of rotatable bonds is 2. The molecule has 1 aliphatic rings. The Balaban J connectivity index is 2.29. The molecule has 1 rings (SSSR count). The molecule has 0 aliphatic carbocycles. The fraction of sp³-hybridized carbons (Fsp3) is 1.00. The average Bonchev–Trinajstić information content (AvgIpc) is 2.12. The summed E-state index contributed by atoms with van der Waals surface area (Å²) in [6.45, 7) is 5.18. The maximum atomic E-state index is 5.44. The molecule has 0 aromatic heterocycles. The molecule has 1 fully saturated rings. The second-order valence-corrected chi connectivity index (χ2v) is 3.07. The molecule has 0 N–H and O–H groups in total. The van der Waals surface area contributed by atoms with Gasteiger partial charge in [-0.2, -0.15) is 0 Å². The Morgan fingerprint density at radius 3 is 2.70 bits per heavy atom. The summed E-state index contributed by atoms with van der Waals surface area (Å²) in [6, 6.07) is 0. The van der Waals surface area contributed by atoms with Crippen molar-refractivity contribution in [1.82, 2.24) is 0 Å². The first kappa shape index (κ1) is 7.98. The molecule has 1 saturated heterocycles. The van der Waals surface area contributed by atoms with Gasteiger partial charge in [-0.25, -0.2) is 0 Å². The van der Waals surface area contributed by atoms with Gasteiger partial charge >= 0.3 is 0 Å². The Morgan fingerprint density at radius 2 is 2.30 bits per heavy atom. The van der Waals surface area contributed by atoms with Gasteiger partial charge in [0.05, 0.1) is 18.8 Å². The van der Waals surface area contributed by atoms with Crippen molar-refractivity contribution in [1.29, 1.82) is 0 Å². The summed E-state index contributed by atoms with van der Waals surface area (Å²) in [5.74, 6) is 0. The van der Waals surface area contributed by atoms with E-state index in [2.05, 4.69) is 0 Å². The molecule has 0 bridgehead atoms. The Hall–Kier alpha value is -0.120. The zero-order valence-electron chi connectivity index (χ0n) is 6.72. The molecule has 0 amide bonds. The Morgan fingerprint density at radius 1 is 1.60 bits per heavy atom. The van der Waals surface area contributed by atoms with Gasteiger partial charge in [0.2, 0.25) is 0 Å². The molecule has 10 heavy (non-hydrogen) atoms. The van der Waals surface area contributed by atoms with Crippen molar-refractivity contribution >= 4 is 0 Å². The lowest BCUT2D eigenvalue weighted by Gasteiger charge is -2.15. The number of hydrogen-bond acceptors (Lipinski definition) is 3. The lowest BCUT2D eigenvalue weighted by molar-refractivity contribution is -0.112. The summed E-state index contributed by atoms with van der Waals surface area (Å²) in [4.78, 5) is 0. The normalized spacial score (nSPS) is 30.9. The van der Waals surface area contributed by atoms with Crippen molar-refractivity contribution in [3.8, 4) is 0 Å². The smallest absolute Gasteiger partial charge is 0.181 e. The predicted molar refractivity (Wildman–Crippen MR) is 36.8 cm³/mol. The molecule has 1 heterocycles. The van der Waals surface area contributed by atoms with Crippen molar-refractivity contribution < 1.29 is 14.2 Å². The van der Waals surface area contributed by atoms with Gasteiger partial charge in [0.1, 0.15) is 0 Å². The van der Waals surface area contributed by atoms with E-state index in [1.54, 1.807) is 7.11 Å². The van der Waals surface area contributed by atoms with Crippen LogP contribution in [0.3, 0.4) is 0 Å². The Bertz CT molecular complexity index is 111. The van der Waals surface area contributed by atoms with E-state index in [1.165, 1.54) is 0 Å². The maximum absolute atomic E-state index is 5.44. The van der Waals surface area contributed by atoms with Crippen LogP contribution in [-0.4, -0.2) is 32.2 Å². The third-order valence-corrected chi connectivity index (χ3v) is 1.37. The van der Waals surface area contributed by atoms with E-state index in [0.29, 0.717) is 13.2 Å². The molecule has 1 atom stereocenters. The molecule has 3 nitrogen and oxygen atoms in total. The lowest BCUT2D eigenvalue weighted by atomic mass is 10.2. The van der Waals surface area contributed by atoms with Crippen LogP contribution in [0.4, 0.5) is 0 Å². The quantitative estimate of drug-likeness (QED) is 0.576. The number of hydrogen-bond donors (Lipinski definition) is 0. The van der Waals surface area contributed by atoms with Crippen LogP contribution >= 0.6 is 0 Å². The molecule has 1 aliphatic heterocycles. The van der Waals surface area contributed by atoms with Gasteiger partial charge in [-0.1, -0.05) is 0 Å². The minimum absolute atomic E-state index is 0.136. The zero-order valence-corrected chi connectivity index (χ0v) is 6.72. The SMILES string of the molecule is COCC1OCC(C)(C)O1. The number of ether oxygens (including phenoxy) is 3. The van der Waals surface area contributed by atoms with E-state index in [4.69, 9.17) is 14.2 Å². The summed E-state index contributed by atoms with van der Waals surface area (Å²) in [5, 5.41) is 0. The highest BCUT2D eigenvalue weighted by molar-refractivity contribution is 4.73. The van der Waals surface area contributed by atoms with Crippen LogP contribution in [0.5, 0.6) is 0 Å². The first-order chi connectivity index (χ1) is 4.64. The summed E-state index contributed by atoms with van der Waals surface area (Å²) in [5.41, 5.74) is -0.136. The first-order valence-corrected chi connectivity index (χ1v) is 3.42. The Labute approximate surface area is 61.3 Å².